The van der Waals surface area contributed by atoms with E-state index in [0.717, 1.165) is 28.3 Å². The molecule has 0 atom stereocenters. The van der Waals surface area contributed by atoms with E-state index in [1.54, 1.807) is 22.0 Å². The third kappa shape index (κ3) is 5.72. The number of nitrogens with zero attached hydrogens (tertiary/aromatic N) is 4. The van der Waals surface area contributed by atoms with Gasteiger partial charge in [-0.2, -0.15) is 0 Å². The topological polar surface area (TPSA) is 79.2 Å². The normalized spacial score (nSPS) is 13.8. The molecule has 0 spiro atoms. The summed E-state index contributed by atoms with van der Waals surface area (Å²) in [5.41, 5.74) is 3.41. The summed E-state index contributed by atoms with van der Waals surface area (Å²) in [5, 5.41) is 2.89. The van der Waals surface area contributed by atoms with Crippen molar-refractivity contribution < 1.29 is 14.3 Å². The molecule has 0 unspecified atom stereocenters. The van der Waals surface area contributed by atoms with Crippen molar-refractivity contribution in [1.82, 2.24) is 19.2 Å². The van der Waals surface area contributed by atoms with Crippen LogP contribution in [-0.2, 0) is 11.4 Å². The minimum absolute atomic E-state index is 0.0645. The van der Waals surface area contributed by atoms with E-state index in [4.69, 9.17) is 4.74 Å². The fraction of sp³-hybridized carbons (Fsp3) is 0.179. The van der Waals surface area contributed by atoms with Gasteiger partial charge in [0.2, 0.25) is 5.91 Å². The van der Waals surface area contributed by atoms with Gasteiger partial charge in [0.15, 0.2) is 0 Å². The fourth-order valence-corrected chi connectivity index (χ4v) is 4.02. The Morgan fingerprint density at radius 2 is 1.61 bits per heavy atom. The van der Waals surface area contributed by atoms with Crippen molar-refractivity contribution in [3.63, 3.8) is 0 Å². The van der Waals surface area contributed by atoms with E-state index in [0.29, 0.717) is 32.8 Å². The van der Waals surface area contributed by atoms with E-state index in [1.807, 2.05) is 89.6 Å². The number of ether oxygens (including phenoxy) is 1. The number of benzene rings is 2. The van der Waals surface area contributed by atoms with Crippen LogP contribution in [0, 0.1) is 0 Å². The van der Waals surface area contributed by atoms with Gasteiger partial charge in [0.1, 0.15) is 18.0 Å². The fourth-order valence-electron chi connectivity index (χ4n) is 4.02. The third-order valence-corrected chi connectivity index (χ3v) is 6.00. The van der Waals surface area contributed by atoms with Crippen LogP contribution in [0.1, 0.15) is 11.3 Å². The number of para-hydroxylation sites is 1. The maximum atomic E-state index is 12.6. The van der Waals surface area contributed by atoms with Crippen molar-refractivity contribution in [2.45, 2.75) is 6.61 Å². The molecule has 182 valence electrons. The minimum Gasteiger partial charge on any atom is -0.487 e. The lowest BCUT2D eigenvalue weighted by Crippen LogP contribution is -2.51. The Bertz CT molecular complexity index is 1320. The first-order chi connectivity index (χ1) is 17.6. The maximum Gasteiger partial charge on any atom is 0.321 e. The summed E-state index contributed by atoms with van der Waals surface area (Å²) in [6.45, 7) is 2.38. The zero-order valence-electron chi connectivity index (χ0n) is 19.8. The molecule has 0 saturated carbocycles. The molecular weight excluding hydrogens is 454 g/mol. The second-order valence-electron chi connectivity index (χ2n) is 8.50. The number of imidazole rings is 1. The summed E-state index contributed by atoms with van der Waals surface area (Å²) >= 11 is 0. The number of nitrogens with one attached hydrogen (secondary N) is 1. The highest BCUT2D eigenvalue weighted by atomic mass is 16.5. The van der Waals surface area contributed by atoms with Crippen LogP contribution in [0.25, 0.3) is 11.7 Å². The Morgan fingerprint density at radius 3 is 2.36 bits per heavy atom. The Hall–Kier alpha value is -4.59. The van der Waals surface area contributed by atoms with Crippen molar-refractivity contribution in [2.75, 3.05) is 31.5 Å². The second kappa shape index (κ2) is 10.8. The predicted octanol–water partition coefficient (Wildman–Crippen LogP) is 4.30. The first-order valence-electron chi connectivity index (χ1n) is 11.9. The number of hydrogen-bond donors (Lipinski definition) is 1. The van der Waals surface area contributed by atoms with E-state index >= 15 is 0 Å². The van der Waals surface area contributed by atoms with Gasteiger partial charge in [0, 0.05) is 50.3 Å². The van der Waals surface area contributed by atoms with E-state index in [1.165, 1.54) is 0 Å². The van der Waals surface area contributed by atoms with Gasteiger partial charge in [-0.05, 0) is 48.0 Å². The molecule has 36 heavy (non-hydrogen) atoms. The van der Waals surface area contributed by atoms with Gasteiger partial charge >= 0.3 is 6.03 Å². The number of carbonyl (C=O) groups excluding carboxylic acids is 2. The average molecular weight is 482 g/mol. The molecule has 0 bridgehead atoms. The van der Waals surface area contributed by atoms with E-state index in [2.05, 4.69) is 10.3 Å². The second-order valence-corrected chi connectivity index (χ2v) is 8.50. The van der Waals surface area contributed by atoms with Crippen molar-refractivity contribution in [3.8, 4) is 5.75 Å². The number of urea groups is 1. The molecule has 5 rings (SSSR count). The predicted molar refractivity (Wildman–Crippen MR) is 139 cm³/mol. The van der Waals surface area contributed by atoms with Crippen molar-refractivity contribution >= 4 is 29.3 Å². The summed E-state index contributed by atoms with van der Waals surface area (Å²) in [4.78, 5) is 33.1. The maximum absolute atomic E-state index is 12.6. The van der Waals surface area contributed by atoms with Crippen LogP contribution in [-0.4, -0.2) is 57.3 Å². The number of pyridine rings is 1. The first-order valence-corrected chi connectivity index (χ1v) is 11.9. The number of carbonyl (C=O) groups is 2. The average Bonchev–Trinajstić information content (AvgIpc) is 3.35. The van der Waals surface area contributed by atoms with Crippen LogP contribution in [0.4, 0.5) is 10.5 Å². The van der Waals surface area contributed by atoms with Gasteiger partial charge in [0.25, 0.3) is 0 Å². The highest BCUT2D eigenvalue weighted by Crippen LogP contribution is 2.16. The molecule has 2 aromatic carbocycles. The zero-order valence-corrected chi connectivity index (χ0v) is 19.8. The Morgan fingerprint density at radius 1 is 0.889 bits per heavy atom. The number of rotatable bonds is 6. The molecule has 4 aromatic rings. The van der Waals surface area contributed by atoms with Crippen LogP contribution in [0.5, 0.6) is 5.75 Å². The lowest BCUT2D eigenvalue weighted by molar-refractivity contribution is -0.127. The summed E-state index contributed by atoms with van der Waals surface area (Å²) < 4.78 is 7.81. The molecule has 0 aliphatic carbocycles. The zero-order chi connectivity index (χ0) is 24.7. The molecule has 1 fully saturated rings. The van der Waals surface area contributed by atoms with Crippen molar-refractivity contribution in [2.24, 2.45) is 0 Å². The number of aromatic nitrogens is 2. The van der Waals surface area contributed by atoms with Gasteiger partial charge in [-0.1, -0.05) is 36.4 Å². The molecule has 8 nitrogen and oxygen atoms in total. The quantitative estimate of drug-likeness (QED) is 0.417. The molecule has 1 aliphatic rings. The van der Waals surface area contributed by atoms with Gasteiger partial charge in [0.05, 0.1) is 5.69 Å². The lowest BCUT2D eigenvalue weighted by atomic mass is 10.2. The van der Waals surface area contributed by atoms with Gasteiger partial charge < -0.3 is 24.3 Å². The van der Waals surface area contributed by atoms with Gasteiger partial charge in [-0.15, -0.1) is 0 Å². The first kappa shape index (κ1) is 23.2. The molecule has 0 radical (unpaired) electrons. The summed E-state index contributed by atoms with van der Waals surface area (Å²) in [6.07, 6.45) is 7.28. The summed E-state index contributed by atoms with van der Waals surface area (Å²) in [6, 6.07) is 22.7. The number of fused-ring (bicyclic) bond motifs is 1. The van der Waals surface area contributed by atoms with Gasteiger partial charge in [-0.25, -0.2) is 9.78 Å². The molecule has 8 heteroatoms. The SMILES string of the molecule is O=C(/C=C/c1ccc(OCc2cn3ccccc3n2)cc1)N1CCN(C(=O)Nc2ccccc2)CC1. The Labute approximate surface area is 209 Å². The third-order valence-electron chi connectivity index (χ3n) is 6.00. The van der Waals surface area contributed by atoms with Crippen LogP contribution in [0.2, 0.25) is 0 Å². The lowest BCUT2D eigenvalue weighted by Gasteiger charge is -2.34. The molecular formula is C28H27N5O3. The van der Waals surface area contributed by atoms with Crippen molar-refractivity contribution in [3.05, 3.63) is 103 Å². The van der Waals surface area contributed by atoms with Gasteiger partial charge in [-0.3, -0.25) is 4.79 Å². The number of amides is 3. The number of hydrogen-bond acceptors (Lipinski definition) is 4. The Kier molecular flexibility index (Phi) is 6.93. The molecule has 3 heterocycles. The van der Waals surface area contributed by atoms with Crippen LogP contribution in [0.3, 0.4) is 0 Å². The summed E-state index contributed by atoms with van der Waals surface area (Å²) in [7, 11) is 0. The monoisotopic (exact) mass is 481 g/mol. The highest BCUT2D eigenvalue weighted by Gasteiger charge is 2.23. The molecule has 1 saturated heterocycles. The minimum atomic E-state index is -0.146. The van der Waals surface area contributed by atoms with Crippen LogP contribution < -0.4 is 10.1 Å². The molecule has 1 N–H and O–H groups in total. The van der Waals surface area contributed by atoms with E-state index in [-0.39, 0.29) is 11.9 Å². The largest absolute Gasteiger partial charge is 0.487 e. The molecule has 2 aromatic heterocycles. The van der Waals surface area contributed by atoms with Crippen LogP contribution >= 0.6 is 0 Å². The van der Waals surface area contributed by atoms with E-state index in [9.17, 15) is 9.59 Å². The highest BCUT2D eigenvalue weighted by molar-refractivity contribution is 5.92. The standard InChI is InChI=1S/C28H27N5O3/c34-27(31-16-18-32(19-17-31)28(35)30-23-6-2-1-3-7-23)14-11-22-9-12-25(13-10-22)36-21-24-20-33-15-5-4-8-26(33)29-24/h1-15,20H,16-19,21H2,(H,30,35)/b14-11+. The number of piperazine rings is 1. The number of anilines is 1. The summed E-state index contributed by atoms with van der Waals surface area (Å²) in [5.74, 6) is 0.672. The molecule has 3 amide bonds. The smallest absolute Gasteiger partial charge is 0.321 e. The van der Waals surface area contributed by atoms with E-state index < -0.39 is 0 Å². The molecule has 1 aliphatic heterocycles. The van der Waals surface area contributed by atoms with Crippen LogP contribution in [0.15, 0.2) is 91.3 Å². The van der Waals surface area contributed by atoms with Crippen molar-refractivity contribution in [1.29, 1.82) is 0 Å². The Balaban J connectivity index is 1.08.